The van der Waals surface area contributed by atoms with Crippen molar-refractivity contribution in [1.29, 1.82) is 0 Å². The van der Waals surface area contributed by atoms with Crippen molar-refractivity contribution in [2.45, 2.75) is 12.5 Å². The Labute approximate surface area is 124 Å². The summed E-state index contributed by atoms with van der Waals surface area (Å²) in [6.07, 6.45) is 0.963. The maximum Gasteiger partial charge on any atom is 0.0931 e. The van der Waals surface area contributed by atoms with Crippen molar-refractivity contribution in [2.24, 2.45) is 0 Å². The van der Waals surface area contributed by atoms with E-state index in [1.54, 1.807) is 11.3 Å². The van der Waals surface area contributed by atoms with Gasteiger partial charge in [-0.3, -0.25) is 0 Å². The van der Waals surface area contributed by atoms with Crippen LogP contribution in [0.2, 0.25) is 4.34 Å². The summed E-state index contributed by atoms with van der Waals surface area (Å²) in [7, 11) is 6.13. The number of halogens is 1. The molecule has 1 aromatic carbocycles. The molecule has 0 saturated carbocycles. The molecule has 0 fully saturated rings. The van der Waals surface area contributed by atoms with E-state index >= 15 is 0 Å². The van der Waals surface area contributed by atoms with Crippen molar-refractivity contribution >= 4 is 28.6 Å². The van der Waals surface area contributed by atoms with Gasteiger partial charge >= 0.3 is 0 Å². The van der Waals surface area contributed by atoms with Gasteiger partial charge in [0.2, 0.25) is 0 Å². The molecule has 0 amide bonds. The highest BCUT2D eigenvalue weighted by Gasteiger charge is 2.12. The molecule has 2 rings (SSSR count). The summed E-state index contributed by atoms with van der Waals surface area (Å²) in [6.45, 7) is 0. The van der Waals surface area contributed by atoms with E-state index in [9.17, 15) is 0 Å². The van der Waals surface area contributed by atoms with Gasteiger partial charge in [-0.25, -0.2) is 0 Å². The highest BCUT2D eigenvalue weighted by atomic mass is 35.5. The van der Waals surface area contributed by atoms with Crippen molar-refractivity contribution in [3.63, 3.8) is 0 Å². The molecule has 1 atom stereocenters. The molecule has 0 aliphatic heterocycles. The summed E-state index contributed by atoms with van der Waals surface area (Å²) in [5.41, 5.74) is 2.53. The minimum absolute atomic E-state index is 0.314. The molecule has 0 aliphatic rings. The van der Waals surface area contributed by atoms with Crippen molar-refractivity contribution in [3.8, 4) is 0 Å². The molecule has 0 aliphatic carbocycles. The number of likely N-dealkylation sites (N-methyl/N-ethyl adjacent to an activating group) is 1. The molecule has 102 valence electrons. The van der Waals surface area contributed by atoms with E-state index < -0.39 is 0 Å². The van der Waals surface area contributed by atoms with Gasteiger partial charge in [-0.05, 0) is 36.9 Å². The SMILES string of the molecule is CNC(Cc1ccc(Cl)s1)c1cccc(N(C)C)c1. The van der Waals surface area contributed by atoms with Crippen LogP contribution in [0.25, 0.3) is 0 Å². The smallest absolute Gasteiger partial charge is 0.0931 e. The van der Waals surface area contributed by atoms with Crippen LogP contribution in [0.5, 0.6) is 0 Å². The van der Waals surface area contributed by atoms with Crippen LogP contribution >= 0.6 is 22.9 Å². The molecule has 2 aromatic rings. The molecule has 1 N–H and O–H groups in total. The fraction of sp³-hybridized carbons (Fsp3) is 0.333. The number of benzene rings is 1. The number of thiophene rings is 1. The average Bonchev–Trinajstić information content (AvgIpc) is 2.81. The Kier molecular flexibility index (Phi) is 4.86. The molecule has 1 unspecified atom stereocenters. The maximum absolute atomic E-state index is 5.99. The third-order valence-electron chi connectivity index (χ3n) is 3.17. The first-order chi connectivity index (χ1) is 9.10. The molecule has 0 radical (unpaired) electrons. The number of nitrogens with one attached hydrogen (secondary N) is 1. The molecule has 4 heteroatoms. The molecule has 0 spiro atoms. The van der Waals surface area contributed by atoms with Crippen LogP contribution in [-0.4, -0.2) is 21.1 Å². The largest absolute Gasteiger partial charge is 0.378 e. The van der Waals surface area contributed by atoms with Crippen LogP contribution in [0, 0.1) is 0 Å². The van der Waals surface area contributed by atoms with Gasteiger partial charge in [0.15, 0.2) is 0 Å². The zero-order valence-corrected chi connectivity index (χ0v) is 13.1. The monoisotopic (exact) mass is 294 g/mol. The third-order valence-corrected chi connectivity index (χ3v) is 4.43. The number of nitrogens with zero attached hydrogens (tertiary/aromatic N) is 1. The summed E-state index contributed by atoms with van der Waals surface area (Å²) in [5.74, 6) is 0. The second-order valence-corrected chi connectivity index (χ2v) is 6.54. The predicted octanol–water partition coefficient (Wildman–Crippen LogP) is 3.97. The highest BCUT2D eigenvalue weighted by Crippen LogP contribution is 2.27. The van der Waals surface area contributed by atoms with Gasteiger partial charge in [-0.15, -0.1) is 11.3 Å². The first-order valence-electron chi connectivity index (χ1n) is 6.29. The summed E-state index contributed by atoms with van der Waals surface area (Å²) in [5, 5.41) is 3.39. The van der Waals surface area contributed by atoms with Crippen LogP contribution in [0.15, 0.2) is 36.4 Å². The van der Waals surface area contributed by atoms with Crippen molar-refractivity contribution in [3.05, 3.63) is 51.2 Å². The topological polar surface area (TPSA) is 15.3 Å². The molecular formula is C15H19ClN2S. The fourth-order valence-corrected chi connectivity index (χ4v) is 3.20. The Morgan fingerprint density at radius 1 is 1.26 bits per heavy atom. The van der Waals surface area contributed by atoms with Crippen LogP contribution in [0.1, 0.15) is 16.5 Å². The number of hydrogen-bond donors (Lipinski definition) is 1. The van der Waals surface area contributed by atoms with Gasteiger partial charge in [0.05, 0.1) is 4.34 Å². The van der Waals surface area contributed by atoms with Gasteiger partial charge in [-0.2, -0.15) is 0 Å². The summed E-state index contributed by atoms with van der Waals surface area (Å²) >= 11 is 7.64. The van der Waals surface area contributed by atoms with Crippen molar-refractivity contribution in [2.75, 3.05) is 26.0 Å². The van der Waals surface area contributed by atoms with Crippen LogP contribution in [-0.2, 0) is 6.42 Å². The number of rotatable bonds is 5. The first-order valence-corrected chi connectivity index (χ1v) is 7.48. The summed E-state index contributed by atoms with van der Waals surface area (Å²) in [6, 6.07) is 13.0. The van der Waals surface area contributed by atoms with E-state index in [-0.39, 0.29) is 0 Å². The maximum atomic E-state index is 5.99. The second kappa shape index (κ2) is 6.42. The Hall–Kier alpha value is -1.03. The molecule has 0 saturated heterocycles. The minimum Gasteiger partial charge on any atom is -0.378 e. The van der Waals surface area contributed by atoms with E-state index in [0.29, 0.717) is 6.04 Å². The van der Waals surface area contributed by atoms with Gasteiger partial charge in [0.1, 0.15) is 0 Å². The second-order valence-electron chi connectivity index (χ2n) is 4.74. The van der Waals surface area contributed by atoms with Crippen LogP contribution in [0.4, 0.5) is 5.69 Å². The zero-order chi connectivity index (χ0) is 13.8. The minimum atomic E-state index is 0.314. The fourth-order valence-electron chi connectivity index (χ4n) is 2.07. The Morgan fingerprint density at radius 3 is 2.63 bits per heavy atom. The predicted molar refractivity (Wildman–Crippen MR) is 85.6 cm³/mol. The highest BCUT2D eigenvalue weighted by molar-refractivity contribution is 7.16. The van der Waals surface area contributed by atoms with E-state index in [0.717, 1.165) is 10.8 Å². The van der Waals surface area contributed by atoms with Gasteiger partial charge in [0, 0.05) is 37.1 Å². The van der Waals surface area contributed by atoms with Gasteiger partial charge in [-0.1, -0.05) is 23.7 Å². The van der Waals surface area contributed by atoms with Gasteiger partial charge < -0.3 is 10.2 Å². The molecule has 1 heterocycles. The average molecular weight is 295 g/mol. The molecule has 2 nitrogen and oxygen atoms in total. The lowest BCUT2D eigenvalue weighted by Crippen LogP contribution is -2.19. The third kappa shape index (κ3) is 3.72. The standard InChI is InChI=1S/C15H19ClN2S/c1-17-14(10-13-7-8-15(16)19-13)11-5-4-6-12(9-11)18(2)3/h4-9,14,17H,10H2,1-3H3. The van der Waals surface area contributed by atoms with Crippen molar-refractivity contribution < 1.29 is 0 Å². The van der Waals surface area contributed by atoms with Gasteiger partial charge in [0.25, 0.3) is 0 Å². The van der Waals surface area contributed by atoms with Crippen molar-refractivity contribution in [1.82, 2.24) is 5.32 Å². The summed E-state index contributed by atoms with van der Waals surface area (Å²) in [4.78, 5) is 3.43. The quantitative estimate of drug-likeness (QED) is 0.897. The van der Waals surface area contributed by atoms with Crippen LogP contribution in [0.3, 0.4) is 0 Å². The van der Waals surface area contributed by atoms with Crippen LogP contribution < -0.4 is 10.2 Å². The molecule has 19 heavy (non-hydrogen) atoms. The van der Waals surface area contributed by atoms with E-state index in [2.05, 4.69) is 54.6 Å². The lowest BCUT2D eigenvalue weighted by atomic mass is 10.0. The summed E-state index contributed by atoms with van der Waals surface area (Å²) < 4.78 is 0.854. The lowest BCUT2D eigenvalue weighted by Gasteiger charge is -2.19. The Balaban J connectivity index is 2.19. The number of anilines is 1. The molecule has 0 bridgehead atoms. The molecule has 1 aromatic heterocycles. The Morgan fingerprint density at radius 2 is 2.05 bits per heavy atom. The molecular weight excluding hydrogens is 276 g/mol. The zero-order valence-electron chi connectivity index (χ0n) is 11.5. The first kappa shape index (κ1) is 14.4. The lowest BCUT2D eigenvalue weighted by molar-refractivity contribution is 0.596. The van der Waals surface area contributed by atoms with E-state index in [1.165, 1.54) is 16.1 Å². The van der Waals surface area contributed by atoms with E-state index in [4.69, 9.17) is 11.6 Å². The Bertz CT molecular complexity index is 536. The number of hydrogen-bond acceptors (Lipinski definition) is 3. The van der Waals surface area contributed by atoms with E-state index in [1.807, 2.05) is 13.1 Å². The normalized spacial score (nSPS) is 12.4.